The molecule has 104 valence electrons. The van der Waals surface area contributed by atoms with Gasteiger partial charge in [-0.05, 0) is 31.9 Å². The highest BCUT2D eigenvalue weighted by Crippen LogP contribution is 2.15. The second kappa shape index (κ2) is 6.02. The Morgan fingerprint density at radius 3 is 2.74 bits per heavy atom. The molecule has 5 nitrogen and oxygen atoms in total. The summed E-state index contributed by atoms with van der Waals surface area (Å²) in [5.74, 6) is 3.41. The van der Waals surface area contributed by atoms with Gasteiger partial charge >= 0.3 is 0 Å². The second-order valence-corrected chi connectivity index (χ2v) is 5.30. The Morgan fingerprint density at radius 1 is 1.32 bits per heavy atom. The van der Waals surface area contributed by atoms with Crippen LogP contribution in [-0.4, -0.2) is 14.8 Å². The molecular weight excluding hydrogens is 240 g/mol. The van der Waals surface area contributed by atoms with Gasteiger partial charge in [0.15, 0.2) is 0 Å². The topological polar surface area (TPSA) is 55.9 Å². The molecule has 1 N–H and O–H groups in total. The molecule has 2 aromatic heterocycles. The second-order valence-electron chi connectivity index (χ2n) is 5.30. The number of furan rings is 1. The SMILES string of the molecule is Cc1ccc(C(C)NCc2ncnn2CC(C)C)o1. The van der Waals surface area contributed by atoms with Crippen molar-refractivity contribution >= 4 is 0 Å². The van der Waals surface area contributed by atoms with E-state index >= 15 is 0 Å². The number of hydrogen-bond acceptors (Lipinski definition) is 4. The van der Waals surface area contributed by atoms with Crippen molar-refractivity contribution in [1.82, 2.24) is 20.1 Å². The van der Waals surface area contributed by atoms with E-state index in [1.54, 1.807) is 6.33 Å². The summed E-state index contributed by atoms with van der Waals surface area (Å²) in [5.41, 5.74) is 0. The summed E-state index contributed by atoms with van der Waals surface area (Å²) >= 11 is 0. The summed E-state index contributed by atoms with van der Waals surface area (Å²) in [4.78, 5) is 4.30. The smallest absolute Gasteiger partial charge is 0.140 e. The van der Waals surface area contributed by atoms with Crippen molar-refractivity contribution < 1.29 is 4.42 Å². The number of aryl methyl sites for hydroxylation is 1. The summed E-state index contributed by atoms with van der Waals surface area (Å²) < 4.78 is 7.56. The largest absolute Gasteiger partial charge is 0.465 e. The van der Waals surface area contributed by atoms with E-state index in [1.165, 1.54) is 0 Å². The average Bonchev–Trinajstić information content (AvgIpc) is 2.95. The van der Waals surface area contributed by atoms with Gasteiger partial charge in [0.25, 0.3) is 0 Å². The van der Waals surface area contributed by atoms with E-state index in [0.29, 0.717) is 12.5 Å². The molecule has 0 saturated carbocycles. The molecule has 1 unspecified atom stereocenters. The first-order chi connectivity index (χ1) is 9.06. The van der Waals surface area contributed by atoms with E-state index in [2.05, 4.69) is 36.2 Å². The van der Waals surface area contributed by atoms with Crippen LogP contribution in [0.1, 0.15) is 44.2 Å². The standard InChI is InChI=1S/C14H22N4O/c1-10(2)8-18-14(16-9-17-18)7-15-12(4)13-6-5-11(3)19-13/h5-6,9-10,12,15H,7-8H2,1-4H3. The van der Waals surface area contributed by atoms with E-state index in [9.17, 15) is 0 Å². The highest BCUT2D eigenvalue weighted by atomic mass is 16.3. The highest BCUT2D eigenvalue weighted by molar-refractivity contribution is 5.09. The van der Waals surface area contributed by atoms with Crippen LogP contribution in [-0.2, 0) is 13.1 Å². The number of nitrogens with one attached hydrogen (secondary N) is 1. The van der Waals surface area contributed by atoms with Crippen LogP contribution in [0.5, 0.6) is 0 Å². The molecule has 0 aliphatic heterocycles. The van der Waals surface area contributed by atoms with Crippen LogP contribution in [0.3, 0.4) is 0 Å². The third-order valence-corrected chi connectivity index (χ3v) is 2.99. The molecule has 0 saturated heterocycles. The van der Waals surface area contributed by atoms with Crippen molar-refractivity contribution in [3.05, 3.63) is 35.8 Å². The van der Waals surface area contributed by atoms with Crippen molar-refractivity contribution in [2.75, 3.05) is 0 Å². The predicted octanol–water partition coefficient (Wildman–Crippen LogP) is 2.69. The van der Waals surface area contributed by atoms with Crippen molar-refractivity contribution in [1.29, 1.82) is 0 Å². The van der Waals surface area contributed by atoms with E-state index in [1.807, 2.05) is 23.7 Å². The fraction of sp³-hybridized carbons (Fsp3) is 0.571. The number of aromatic nitrogens is 3. The van der Waals surface area contributed by atoms with Gasteiger partial charge in [-0.1, -0.05) is 13.8 Å². The van der Waals surface area contributed by atoms with Gasteiger partial charge in [-0.2, -0.15) is 5.10 Å². The quantitative estimate of drug-likeness (QED) is 0.869. The van der Waals surface area contributed by atoms with Gasteiger partial charge < -0.3 is 9.73 Å². The zero-order chi connectivity index (χ0) is 13.8. The van der Waals surface area contributed by atoms with Gasteiger partial charge in [0.05, 0.1) is 12.6 Å². The van der Waals surface area contributed by atoms with Crippen LogP contribution >= 0.6 is 0 Å². The van der Waals surface area contributed by atoms with E-state index in [0.717, 1.165) is 23.9 Å². The summed E-state index contributed by atoms with van der Waals surface area (Å²) in [5, 5.41) is 7.66. The van der Waals surface area contributed by atoms with E-state index in [4.69, 9.17) is 4.42 Å². The lowest BCUT2D eigenvalue weighted by Gasteiger charge is -2.12. The molecule has 0 bridgehead atoms. The molecule has 0 aromatic carbocycles. The van der Waals surface area contributed by atoms with Crippen molar-refractivity contribution in [2.24, 2.45) is 5.92 Å². The molecule has 2 rings (SSSR count). The monoisotopic (exact) mass is 262 g/mol. The first-order valence-corrected chi connectivity index (χ1v) is 6.72. The maximum Gasteiger partial charge on any atom is 0.140 e. The van der Waals surface area contributed by atoms with Gasteiger partial charge in [-0.3, -0.25) is 0 Å². The summed E-state index contributed by atoms with van der Waals surface area (Å²) in [6, 6.07) is 4.15. The van der Waals surface area contributed by atoms with Crippen molar-refractivity contribution in [3.63, 3.8) is 0 Å². The molecule has 2 heterocycles. The number of nitrogens with zero attached hydrogens (tertiary/aromatic N) is 3. The Morgan fingerprint density at radius 2 is 2.11 bits per heavy atom. The molecule has 1 atom stereocenters. The Hall–Kier alpha value is -1.62. The van der Waals surface area contributed by atoms with E-state index in [-0.39, 0.29) is 6.04 Å². The molecule has 0 radical (unpaired) electrons. The zero-order valence-corrected chi connectivity index (χ0v) is 12.1. The van der Waals surface area contributed by atoms with Crippen LogP contribution in [0.25, 0.3) is 0 Å². The number of hydrogen-bond donors (Lipinski definition) is 1. The minimum atomic E-state index is 0.165. The lowest BCUT2D eigenvalue weighted by atomic mass is 10.2. The van der Waals surface area contributed by atoms with E-state index < -0.39 is 0 Å². The molecule has 0 amide bonds. The van der Waals surface area contributed by atoms with Crippen LogP contribution in [0, 0.1) is 12.8 Å². The van der Waals surface area contributed by atoms with Crippen LogP contribution < -0.4 is 5.32 Å². The maximum atomic E-state index is 5.60. The fourth-order valence-electron chi connectivity index (χ4n) is 1.95. The van der Waals surface area contributed by atoms with Gasteiger partial charge in [-0.25, -0.2) is 9.67 Å². The molecule has 0 spiro atoms. The Balaban J connectivity index is 1.93. The van der Waals surface area contributed by atoms with Crippen LogP contribution in [0.2, 0.25) is 0 Å². The highest BCUT2D eigenvalue weighted by Gasteiger charge is 2.11. The maximum absolute atomic E-state index is 5.60. The average molecular weight is 262 g/mol. The van der Waals surface area contributed by atoms with Gasteiger partial charge in [0.1, 0.15) is 23.7 Å². The van der Waals surface area contributed by atoms with Gasteiger partial charge in [0, 0.05) is 6.54 Å². The molecule has 0 aliphatic carbocycles. The lowest BCUT2D eigenvalue weighted by molar-refractivity contribution is 0.402. The Bertz CT molecular complexity index is 515. The normalized spacial score (nSPS) is 13.1. The van der Waals surface area contributed by atoms with Gasteiger partial charge in [-0.15, -0.1) is 0 Å². The summed E-state index contributed by atoms with van der Waals surface area (Å²) in [6.45, 7) is 9.97. The molecule has 0 fully saturated rings. The summed E-state index contributed by atoms with van der Waals surface area (Å²) in [7, 11) is 0. The number of rotatable bonds is 6. The molecule has 19 heavy (non-hydrogen) atoms. The minimum absolute atomic E-state index is 0.165. The fourth-order valence-corrected chi connectivity index (χ4v) is 1.95. The molecule has 0 aliphatic rings. The minimum Gasteiger partial charge on any atom is -0.465 e. The Labute approximate surface area is 114 Å². The molecular formula is C14H22N4O. The zero-order valence-electron chi connectivity index (χ0n) is 12.1. The molecule has 2 aromatic rings. The Kier molecular flexibility index (Phi) is 4.37. The van der Waals surface area contributed by atoms with Crippen LogP contribution in [0.15, 0.2) is 22.9 Å². The van der Waals surface area contributed by atoms with Crippen LogP contribution in [0.4, 0.5) is 0 Å². The first kappa shape index (κ1) is 13.8. The van der Waals surface area contributed by atoms with Gasteiger partial charge in [0.2, 0.25) is 0 Å². The third kappa shape index (κ3) is 3.67. The summed E-state index contributed by atoms with van der Waals surface area (Å²) in [6.07, 6.45) is 1.61. The lowest BCUT2D eigenvalue weighted by Crippen LogP contribution is -2.21. The van der Waals surface area contributed by atoms with Crippen molar-refractivity contribution in [2.45, 2.75) is 46.8 Å². The predicted molar refractivity (Wildman–Crippen MR) is 73.6 cm³/mol. The van der Waals surface area contributed by atoms with Crippen molar-refractivity contribution in [3.8, 4) is 0 Å². The first-order valence-electron chi connectivity index (χ1n) is 6.72. The third-order valence-electron chi connectivity index (χ3n) is 2.99. The molecule has 5 heteroatoms.